The van der Waals surface area contributed by atoms with Gasteiger partial charge in [0, 0.05) is 0 Å². The molecule has 15 heavy (non-hydrogen) atoms. The van der Waals surface area contributed by atoms with Crippen LogP contribution in [0.2, 0.25) is 0 Å². The third-order valence-corrected chi connectivity index (χ3v) is 2.46. The van der Waals surface area contributed by atoms with Crippen molar-refractivity contribution in [3.8, 4) is 0 Å². The SMILES string of the molecule is O.O.O.O.O[Si](O)(O)O[Si](O)(O)O.[AlH3].[AlH3]. The maximum Gasteiger partial charge on any atom is 0.665 e. The molecule has 0 amide bonds. The molecule has 0 atom stereocenters. The van der Waals surface area contributed by atoms with Crippen molar-refractivity contribution in [2.75, 3.05) is 0 Å². The third kappa shape index (κ3) is 51.5. The van der Waals surface area contributed by atoms with Gasteiger partial charge in [0.05, 0.1) is 0 Å². The van der Waals surface area contributed by atoms with Crippen LogP contribution in [0.1, 0.15) is 0 Å². The molecule has 0 aliphatic carbocycles. The van der Waals surface area contributed by atoms with Crippen LogP contribution in [0.5, 0.6) is 0 Å². The van der Waals surface area contributed by atoms with Crippen LogP contribution in [0, 0.1) is 0 Å². The Kier molecular flexibility index (Phi) is 44.6. The van der Waals surface area contributed by atoms with Crippen LogP contribution in [-0.2, 0) is 4.12 Å². The molecule has 0 fully saturated rings. The summed E-state index contributed by atoms with van der Waals surface area (Å²) in [5.41, 5.74) is 0. The topological polar surface area (TPSA) is 257 Å². The number of rotatable bonds is 2. The molecule has 100 valence electrons. The van der Waals surface area contributed by atoms with E-state index < -0.39 is 18.1 Å². The van der Waals surface area contributed by atoms with Crippen molar-refractivity contribution in [2.45, 2.75) is 0 Å². The lowest BCUT2D eigenvalue weighted by Gasteiger charge is -2.13. The van der Waals surface area contributed by atoms with E-state index in [0.29, 0.717) is 0 Å². The molecule has 0 saturated heterocycles. The fraction of sp³-hybridized carbons (Fsp3) is 0. The molecule has 11 nitrogen and oxygen atoms in total. The standard InChI is InChI=1S/2Al.H6O7Si2.4H2O.6H/c;;1-8(2,3)7-9(4,5)6;;;;;;;;;;/h;;1-6H;4*1H2;;;;;;. The lowest BCUT2D eigenvalue weighted by Crippen LogP contribution is -2.53. The van der Waals surface area contributed by atoms with Gasteiger partial charge in [-0.2, -0.15) is 0 Å². The van der Waals surface area contributed by atoms with Crippen molar-refractivity contribution in [2.24, 2.45) is 0 Å². The van der Waals surface area contributed by atoms with E-state index in [9.17, 15) is 0 Å². The molecule has 0 aromatic rings. The molecule has 0 spiro atoms. The highest BCUT2D eigenvalue weighted by Gasteiger charge is 2.45. The van der Waals surface area contributed by atoms with E-state index in [1.807, 2.05) is 0 Å². The van der Waals surface area contributed by atoms with E-state index in [1.165, 1.54) is 0 Å². The monoisotopic (exact) mass is 306 g/mol. The van der Waals surface area contributed by atoms with Gasteiger partial charge in [-0.15, -0.1) is 0 Å². The van der Waals surface area contributed by atoms with Gasteiger partial charge in [-0.3, -0.25) is 0 Å². The van der Waals surface area contributed by atoms with Gasteiger partial charge in [-0.1, -0.05) is 0 Å². The first-order valence-electron chi connectivity index (χ1n) is 1.75. The van der Waals surface area contributed by atoms with Crippen LogP contribution in [0.4, 0.5) is 0 Å². The van der Waals surface area contributed by atoms with Crippen LogP contribution in [0.15, 0.2) is 0 Å². The van der Waals surface area contributed by atoms with Crippen LogP contribution in [-0.4, -0.2) is 103 Å². The van der Waals surface area contributed by atoms with Gasteiger partial charge in [-0.25, -0.2) is 0 Å². The van der Waals surface area contributed by atoms with Crippen molar-refractivity contribution in [1.82, 2.24) is 0 Å². The smallest absolute Gasteiger partial charge is 0.412 e. The molecule has 0 saturated carbocycles. The molecule has 0 aromatic heterocycles. The molecule has 0 aromatic carbocycles. The minimum absolute atomic E-state index is 0. The number of hydrogen-bond donors (Lipinski definition) is 6. The van der Waals surface area contributed by atoms with Gasteiger partial charge in [0.15, 0.2) is 34.7 Å². The fourth-order valence-corrected chi connectivity index (χ4v) is 1.65. The maximum atomic E-state index is 7.94. The quantitative estimate of drug-likeness (QED) is 0.268. The second-order valence-electron chi connectivity index (χ2n) is 1.25. The summed E-state index contributed by atoms with van der Waals surface area (Å²) in [4.78, 5) is 47.6. The zero-order valence-corrected chi connectivity index (χ0v) is 8.09. The highest BCUT2D eigenvalue weighted by Crippen LogP contribution is 1.95. The summed E-state index contributed by atoms with van der Waals surface area (Å²) in [5.74, 6) is 0. The predicted octanol–water partition coefficient (Wildman–Crippen LogP) is -9.84. The second kappa shape index (κ2) is 15.1. The summed E-state index contributed by atoms with van der Waals surface area (Å²) >= 11 is 0. The van der Waals surface area contributed by atoms with Crippen LogP contribution >= 0.6 is 0 Å². The van der Waals surface area contributed by atoms with Gasteiger partial charge >= 0.3 is 18.1 Å². The van der Waals surface area contributed by atoms with E-state index in [0.717, 1.165) is 0 Å². The summed E-state index contributed by atoms with van der Waals surface area (Å²) in [6.07, 6.45) is 0. The molecule has 15 heteroatoms. The summed E-state index contributed by atoms with van der Waals surface area (Å²) < 4.78 is 3.24. The Morgan fingerprint density at radius 1 is 0.533 bits per heavy atom. The van der Waals surface area contributed by atoms with Crippen LogP contribution in [0.3, 0.4) is 0 Å². The maximum absolute atomic E-state index is 7.94. The summed E-state index contributed by atoms with van der Waals surface area (Å²) in [6, 6.07) is 0. The zero-order chi connectivity index (χ0) is 7.71. The van der Waals surface area contributed by atoms with Crippen molar-refractivity contribution >= 4 is 52.8 Å². The second-order valence-corrected chi connectivity index (χ2v) is 4.36. The van der Waals surface area contributed by atoms with E-state index in [-0.39, 0.29) is 56.6 Å². The average Bonchev–Trinajstić information content (AvgIpc) is 1.14. The first-order chi connectivity index (χ1) is 3.71. The molecule has 0 aliphatic rings. The summed E-state index contributed by atoms with van der Waals surface area (Å²) in [5, 5.41) is 0. The number of hydrogen-bond acceptors (Lipinski definition) is 7. The molecular formula is H20Al2O11Si2. The Balaban J connectivity index is -0.0000000213. The van der Waals surface area contributed by atoms with Crippen molar-refractivity contribution in [1.29, 1.82) is 0 Å². The Morgan fingerprint density at radius 2 is 0.667 bits per heavy atom. The highest BCUT2D eigenvalue weighted by atomic mass is 28.5. The Labute approximate surface area is 108 Å². The minimum Gasteiger partial charge on any atom is -0.412 e. The molecule has 0 bridgehead atoms. The van der Waals surface area contributed by atoms with Crippen molar-refractivity contribution in [3.05, 3.63) is 0 Å². The first-order valence-corrected chi connectivity index (χ1v) is 5.25. The van der Waals surface area contributed by atoms with E-state index in [4.69, 9.17) is 28.8 Å². The van der Waals surface area contributed by atoms with E-state index in [2.05, 4.69) is 4.12 Å². The van der Waals surface area contributed by atoms with Gasteiger partial charge < -0.3 is 54.8 Å². The Morgan fingerprint density at radius 3 is 0.667 bits per heavy atom. The van der Waals surface area contributed by atoms with Crippen LogP contribution < -0.4 is 0 Å². The largest absolute Gasteiger partial charge is 0.665 e. The van der Waals surface area contributed by atoms with Gasteiger partial charge in [0.2, 0.25) is 0 Å². The summed E-state index contributed by atoms with van der Waals surface area (Å²) in [6.45, 7) is 0. The third-order valence-electron chi connectivity index (χ3n) is 0.274. The van der Waals surface area contributed by atoms with Crippen LogP contribution in [0.25, 0.3) is 0 Å². The molecular weight excluding hydrogens is 286 g/mol. The van der Waals surface area contributed by atoms with Crippen molar-refractivity contribution < 1.29 is 54.8 Å². The average molecular weight is 306 g/mol. The van der Waals surface area contributed by atoms with E-state index in [1.54, 1.807) is 0 Å². The lowest BCUT2D eigenvalue weighted by atomic mass is 15.6. The lowest BCUT2D eigenvalue weighted by molar-refractivity contribution is 0.0406. The van der Waals surface area contributed by atoms with Gasteiger partial charge in [0.1, 0.15) is 0 Å². The normalized spacial score (nSPS) is 8.40. The Bertz CT molecular complexity index is 81.7. The van der Waals surface area contributed by atoms with E-state index >= 15 is 0 Å². The molecule has 0 aliphatic heterocycles. The molecule has 14 N–H and O–H groups in total. The highest BCUT2D eigenvalue weighted by molar-refractivity contribution is 6.63. The van der Waals surface area contributed by atoms with Gasteiger partial charge in [0.25, 0.3) is 0 Å². The minimum atomic E-state index is -4.98. The van der Waals surface area contributed by atoms with Crippen molar-refractivity contribution in [3.63, 3.8) is 0 Å². The Hall–Kier alpha value is 1.06. The zero-order valence-electron chi connectivity index (χ0n) is 6.09. The molecule has 0 unspecified atom stereocenters. The fourth-order valence-electron chi connectivity index (χ4n) is 0.184. The summed E-state index contributed by atoms with van der Waals surface area (Å²) in [7, 11) is -9.96. The van der Waals surface area contributed by atoms with Gasteiger partial charge in [-0.05, 0) is 0 Å². The first kappa shape index (κ1) is 44.4. The molecule has 0 radical (unpaired) electrons. The molecule has 0 heterocycles. The predicted molar refractivity (Wildman–Crippen MR) is 60.2 cm³/mol. The molecule has 0 rings (SSSR count).